The van der Waals surface area contributed by atoms with E-state index in [9.17, 15) is 0 Å². The van der Waals surface area contributed by atoms with Crippen molar-refractivity contribution in [3.05, 3.63) is 0 Å². The molecule has 3 atom stereocenters. The van der Waals surface area contributed by atoms with Crippen molar-refractivity contribution < 1.29 is 9.47 Å². The monoisotopic (exact) mass is 269 g/mol. The van der Waals surface area contributed by atoms with Gasteiger partial charge in [0.25, 0.3) is 0 Å². The first-order valence-corrected chi connectivity index (χ1v) is 7.96. The maximum Gasteiger partial charge on any atom is 0.0699 e. The fraction of sp³-hybridized carbons (Fsp3) is 1.00. The van der Waals surface area contributed by atoms with Gasteiger partial charge in [0.15, 0.2) is 0 Å². The molecule has 1 saturated heterocycles. The number of ether oxygens (including phenoxy) is 2. The quantitative estimate of drug-likeness (QED) is 0.804. The molecule has 2 fully saturated rings. The van der Waals surface area contributed by atoms with Gasteiger partial charge in [-0.3, -0.25) is 0 Å². The molecule has 112 valence electrons. The summed E-state index contributed by atoms with van der Waals surface area (Å²) in [6.07, 6.45) is 5.76. The summed E-state index contributed by atoms with van der Waals surface area (Å²) in [4.78, 5) is 0. The topological polar surface area (TPSA) is 30.5 Å². The number of hydrogen-bond donors (Lipinski definition) is 1. The molecule has 0 radical (unpaired) electrons. The van der Waals surface area contributed by atoms with Gasteiger partial charge >= 0.3 is 0 Å². The van der Waals surface area contributed by atoms with Crippen molar-refractivity contribution in [2.45, 2.75) is 71.6 Å². The second-order valence-corrected chi connectivity index (χ2v) is 7.22. The van der Waals surface area contributed by atoms with Crippen molar-refractivity contribution in [1.29, 1.82) is 0 Å². The van der Waals surface area contributed by atoms with E-state index in [1.165, 1.54) is 19.3 Å². The molecule has 0 aromatic carbocycles. The highest BCUT2D eigenvalue weighted by molar-refractivity contribution is 5.03. The highest BCUT2D eigenvalue weighted by Gasteiger charge is 2.48. The average molecular weight is 269 g/mol. The minimum Gasteiger partial charge on any atom is -0.377 e. The maximum atomic E-state index is 6.01. The van der Waals surface area contributed by atoms with Crippen LogP contribution in [0.3, 0.4) is 0 Å². The lowest BCUT2D eigenvalue weighted by atomic mass is 9.64. The highest BCUT2D eigenvalue weighted by Crippen LogP contribution is 2.43. The summed E-state index contributed by atoms with van der Waals surface area (Å²) in [5, 5.41) is 3.69. The fourth-order valence-electron chi connectivity index (χ4n) is 3.07. The van der Waals surface area contributed by atoms with Gasteiger partial charge < -0.3 is 14.8 Å². The second kappa shape index (κ2) is 6.55. The van der Waals surface area contributed by atoms with E-state index in [0.717, 1.165) is 26.2 Å². The van der Waals surface area contributed by atoms with E-state index in [0.29, 0.717) is 24.2 Å². The molecule has 0 bridgehead atoms. The first-order chi connectivity index (χ1) is 9.00. The molecular weight excluding hydrogens is 238 g/mol. The van der Waals surface area contributed by atoms with Gasteiger partial charge in [-0.05, 0) is 31.6 Å². The van der Waals surface area contributed by atoms with Crippen molar-refractivity contribution >= 4 is 0 Å². The molecule has 2 aliphatic rings. The van der Waals surface area contributed by atoms with Crippen LogP contribution in [-0.4, -0.2) is 38.0 Å². The number of nitrogens with one attached hydrogen (secondary N) is 1. The Morgan fingerprint density at radius 2 is 2.11 bits per heavy atom. The predicted molar refractivity (Wildman–Crippen MR) is 78.4 cm³/mol. The van der Waals surface area contributed by atoms with Crippen LogP contribution < -0.4 is 5.32 Å². The van der Waals surface area contributed by atoms with Gasteiger partial charge in [0.1, 0.15) is 0 Å². The van der Waals surface area contributed by atoms with Crippen LogP contribution in [0.5, 0.6) is 0 Å². The number of hydrogen-bond acceptors (Lipinski definition) is 3. The summed E-state index contributed by atoms with van der Waals surface area (Å²) >= 11 is 0. The van der Waals surface area contributed by atoms with E-state index in [1.54, 1.807) is 0 Å². The average Bonchev–Trinajstić information content (AvgIpc) is 2.37. The van der Waals surface area contributed by atoms with E-state index in [2.05, 4.69) is 33.0 Å². The molecule has 3 unspecified atom stereocenters. The van der Waals surface area contributed by atoms with Crippen LogP contribution in [0, 0.1) is 11.3 Å². The predicted octanol–water partition coefficient (Wildman–Crippen LogP) is 2.98. The Morgan fingerprint density at radius 3 is 2.68 bits per heavy atom. The second-order valence-electron chi connectivity index (χ2n) is 7.22. The summed E-state index contributed by atoms with van der Waals surface area (Å²) in [6, 6.07) is 0.579. The molecule has 19 heavy (non-hydrogen) atoms. The Bertz CT molecular complexity index is 272. The smallest absolute Gasteiger partial charge is 0.0699 e. The maximum absolute atomic E-state index is 6.01. The third-order valence-corrected chi connectivity index (χ3v) is 4.67. The fourth-order valence-corrected chi connectivity index (χ4v) is 3.07. The van der Waals surface area contributed by atoms with Gasteiger partial charge in [0.05, 0.1) is 12.2 Å². The van der Waals surface area contributed by atoms with Gasteiger partial charge in [-0.15, -0.1) is 0 Å². The summed E-state index contributed by atoms with van der Waals surface area (Å²) < 4.78 is 11.8. The normalized spacial score (nSPS) is 34.3. The van der Waals surface area contributed by atoms with E-state index in [1.807, 2.05) is 0 Å². The van der Waals surface area contributed by atoms with E-state index in [-0.39, 0.29) is 5.41 Å². The van der Waals surface area contributed by atoms with Crippen LogP contribution >= 0.6 is 0 Å². The molecule has 0 spiro atoms. The molecule has 1 aliphatic carbocycles. The SMILES string of the molecule is CC(C)COC1CC(NCC2CCCCO2)C1(C)C. The Balaban J connectivity index is 1.68. The van der Waals surface area contributed by atoms with Gasteiger partial charge in [-0.25, -0.2) is 0 Å². The molecule has 0 aromatic rings. The molecule has 0 aromatic heterocycles. The highest BCUT2D eigenvalue weighted by atomic mass is 16.5. The van der Waals surface area contributed by atoms with Crippen molar-refractivity contribution in [3.63, 3.8) is 0 Å². The molecule has 0 amide bonds. The van der Waals surface area contributed by atoms with Crippen LogP contribution in [-0.2, 0) is 9.47 Å². The third kappa shape index (κ3) is 3.93. The molecule has 1 aliphatic heterocycles. The van der Waals surface area contributed by atoms with Crippen LogP contribution in [0.2, 0.25) is 0 Å². The van der Waals surface area contributed by atoms with Crippen molar-refractivity contribution in [2.75, 3.05) is 19.8 Å². The summed E-state index contributed by atoms with van der Waals surface area (Å²) in [5.41, 5.74) is 0.254. The summed E-state index contributed by atoms with van der Waals surface area (Å²) in [5.74, 6) is 0.624. The molecule has 1 saturated carbocycles. The zero-order valence-electron chi connectivity index (χ0n) is 13.1. The standard InChI is InChI=1S/C16H31NO2/c1-12(2)11-19-15-9-14(16(15,3)4)17-10-13-7-5-6-8-18-13/h12-15,17H,5-11H2,1-4H3. The van der Waals surface area contributed by atoms with Crippen molar-refractivity contribution in [1.82, 2.24) is 5.32 Å². The van der Waals surface area contributed by atoms with Gasteiger partial charge in [-0.1, -0.05) is 27.7 Å². The Labute approximate surface area is 118 Å². The summed E-state index contributed by atoms with van der Waals surface area (Å²) in [7, 11) is 0. The van der Waals surface area contributed by atoms with Crippen LogP contribution in [0.15, 0.2) is 0 Å². The molecule has 3 heteroatoms. The van der Waals surface area contributed by atoms with Crippen LogP contribution in [0.1, 0.15) is 53.4 Å². The Morgan fingerprint density at radius 1 is 1.32 bits per heavy atom. The van der Waals surface area contributed by atoms with E-state index in [4.69, 9.17) is 9.47 Å². The van der Waals surface area contributed by atoms with E-state index >= 15 is 0 Å². The first-order valence-electron chi connectivity index (χ1n) is 7.96. The minimum atomic E-state index is 0.254. The zero-order valence-corrected chi connectivity index (χ0v) is 13.1. The Hall–Kier alpha value is -0.120. The van der Waals surface area contributed by atoms with Crippen LogP contribution in [0.25, 0.3) is 0 Å². The lowest BCUT2D eigenvalue weighted by Gasteiger charge is -2.52. The number of rotatable bonds is 6. The van der Waals surface area contributed by atoms with Gasteiger partial charge in [0.2, 0.25) is 0 Å². The lowest BCUT2D eigenvalue weighted by molar-refractivity contribution is -0.126. The first kappa shape index (κ1) is 15.3. The molecular formula is C16H31NO2. The lowest BCUT2D eigenvalue weighted by Crippen LogP contribution is -2.62. The molecule has 1 N–H and O–H groups in total. The molecule has 2 rings (SSSR count). The largest absolute Gasteiger partial charge is 0.377 e. The molecule has 1 heterocycles. The Kier molecular flexibility index (Phi) is 5.27. The van der Waals surface area contributed by atoms with E-state index < -0.39 is 0 Å². The van der Waals surface area contributed by atoms with Crippen LogP contribution in [0.4, 0.5) is 0 Å². The minimum absolute atomic E-state index is 0.254. The van der Waals surface area contributed by atoms with Crippen molar-refractivity contribution in [3.8, 4) is 0 Å². The van der Waals surface area contributed by atoms with Crippen molar-refractivity contribution in [2.24, 2.45) is 11.3 Å². The summed E-state index contributed by atoms with van der Waals surface area (Å²) in [6.45, 7) is 11.9. The zero-order chi connectivity index (χ0) is 13.9. The molecule has 3 nitrogen and oxygen atoms in total. The van der Waals surface area contributed by atoms with Gasteiger partial charge in [-0.2, -0.15) is 0 Å². The third-order valence-electron chi connectivity index (χ3n) is 4.67. The van der Waals surface area contributed by atoms with Gasteiger partial charge in [0, 0.05) is 31.2 Å².